The molecule has 2 fully saturated rings. The second-order valence-corrected chi connectivity index (χ2v) is 6.65. The average molecular weight is 347 g/mol. The van der Waals surface area contributed by atoms with Crippen molar-refractivity contribution in [1.29, 1.82) is 0 Å². The largest absolute Gasteiger partial charge is 0.481 e. The first kappa shape index (κ1) is 17.5. The summed E-state index contributed by atoms with van der Waals surface area (Å²) in [6.45, 7) is 7.59. The van der Waals surface area contributed by atoms with Crippen LogP contribution in [0.5, 0.6) is 0 Å². The Morgan fingerprint density at radius 1 is 1.36 bits per heavy atom. The Bertz CT molecular complexity index is 647. The van der Waals surface area contributed by atoms with E-state index in [1.54, 1.807) is 12.1 Å². The van der Waals surface area contributed by atoms with E-state index in [9.17, 15) is 9.90 Å². The van der Waals surface area contributed by atoms with Crippen molar-refractivity contribution in [2.75, 3.05) is 54.9 Å². The minimum atomic E-state index is -0.821. The number of anilines is 3. The summed E-state index contributed by atoms with van der Waals surface area (Å²) in [6, 6.07) is 1.72. The van der Waals surface area contributed by atoms with Crippen LogP contribution in [0, 0.1) is 5.41 Å². The fourth-order valence-electron chi connectivity index (χ4n) is 3.54. The molecule has 0 bridgehead atoms. The summed E-state index contributed by atoms with van der Waals surface area (Å²) in [5.74, 6) is 0.867. The molecule has 1 aromatic heterocycles. The van der Waals surface area contributed by atoms with Gasteiger partial charge in [-0.2, -0.15) is 9.97 Å². The normalized spacial score (nSPS) is 24.2. The molecule has 1 aromatic rings. The smallest absolute Gasteiger partial charge is 0.311 e. The van der Waals surface area contributed by atoms with Crippen molar-refractivity contribution >= 4 is 23.6 Å². The van der Waals surface area contributed by atoms with Gasteiger partial charge >= 0.3 is 5.97 Å². The number of morpholine rings is 1. The fourth-order valence-corrected chi connectivity index (χ4v) is 3.54. The molecular formula is C17H25N5O3. The van der Waals surface area contributed by atoms with E-state index in [1.807, 2.05) is 9.80 Å². The third-order valence-electron chi connectivity index (χ3n) is 4.90. The Hall–Kier alpha value is -2.35. The minimum Gasteiger partial charge on any atom is -0.481 e. The number of aromatic nitrogens is 2. The lowest BCUT2D eigenvalue weighted by molar-refractivity contribution is -0.149. The van der Waals surface area contributed by atoms with Crippen LogP contribution in [0.2, 0.25) is 0 Å². The molecule has 3 rings (SSSR count). The highest BCUT2D eigenvalue weighted by Gasteiger charge is 2.41. The van der Waals surface area contributed by atoms with Gasteiger partial charge in [-0.25, -0.2) is 0 Å². The maximum absolute atomic E-state index is 11.9. The van der Waals surface area contributed by atoms with E-state index in [0.29, 0.717) is 50.2 Å². The molecule has 0 saturated carbocycles. The zero-order chi connectivity index (χ0) is 17.9. The molecule has 0 aliphatic carbocycles. The van der Waals surface area contributed by atoms with Crippen LogP contribution in [0.3, 0.4) is 0 Å². The molecule has 1 atom stereocenters. The van der Waals surface area contributed by atoms with Crippen molar-refractivity contribution in [1.82, 2.24) is 9.97 Å². The van der Waals surface area contributed by atoms with Crippen LogP contribution in [0.15, 0.2) is 18.7 Å². The molecule has 136 valence electrons. The maximum Gasteiger partial charge on any atom is 0.311 e. The van der Waals surface area contributed by atoms with E-state index < -0.39 is 11.4 Å². The number of carboxylic acids is 1. The summed E-state index contributed by atoms with van der Waals surface area (Å²) in [4.78, 5) is 24.9. The van der Waals surface area contributed by atoms with Crippen molar-refractivity contribution in [3.63, 3.8) is 0 Å². The van der Waals surface area contributed by atoms with Crippen LogP contribution in [-0.2, 0) is 9.53 Å². The highest BCUT2D eigenvalue weighted by atomic mass is 16.5. The van der Waals surface area contributed by atoms with Crippen molar-refractivity contribution in [3.05, 3.63) is 18.7 Å². The first-order valence-corrected chi connectivity index (χ1v) is 8.60. The monoisotopic (exact) mass is 347 g/mol. The van der Waals surface area contributed by atoms with Gasteiger partial charge in [-0.05, 0) is 19.3 Å². The number of nitrogens with zero attached hydrogens (tertiary/aromatic N) is 4. The van der Waals surface area contributed by atoms with Crippen molar-refractivity contribution in [2.45, 2.75) is 19.3 Å². The first-order valence-electron chi connectivity index (χ1n) is 8.60. The number of carbonyl (C=O) groups is 1. The topological polar surface area (TPSA) is 105 Å². The van der Waals surface area contributed by atoms with Crippen molar-refractivity contribution in [3.8, 4) is 0 Å². The zero-order valence-electron chi connectivity index (χ0n) is 14.4. The van der Waals surface area contributed by atoms with Gasteiger partial charge in [0.15, 0.2) is 0 Å². The molecule has 0 amide bonds. The SMILES string of the molecule is C=CC[C@@]1(C(=O)O)CCCN(c2cc(N)nc(N3CCOCC3)n2)C1. The van der Waals surface area contributed by atoms with Gasteiger partial charge in [-0.1, -0.05) is 6.08 Å². The summed E-state index contributed by atoms with van der Waals surface area (Å²) in [7, 11) is 0. The maximum atomic E-state index is 11.9. The minimum absolute atomic E-state index is 0.390. The van der Waals surface area contributed by atoms with Gasteiger partial charge in [0.2, 0.25) is 5.95 Å². The number of rotatable bonds is 5. The number of hydrogen-bond donors (Lipinski definition) is 2. The number of aliphatic carboxylic acids is 1. The molecule has 2 aliphatic heterocycles. The lowest BCUT2D eigenvalue weighted by atomic mass is 9.77. The average Bonchev–Trinajstić information content (AvgIpc) is 2.62. The Labute approximate surface area is 147 Å². The Morgan fingerprint density at radius 3 is 2.80 bits per heavy atom. The molecule has 3 heterocycles. The summed E-state index contributed by atoms with van der Waals surface area (Å²) in [5.41, 5.74) is 5.17. The third-order valence-corrected chi connectivity index (χ3v) is 4.90. The summed E-state index contributed by atoms with van der Waals surface area (Å²) in [6.07, 6.45) is 3.56. The van der Waals surface area contributed by atoms with Crippen LogP contribution >= 0.6 is 0 Å². The molecule has 8 heteroatoms. The molecule has 25 heavy (non-hydrogen) atoms. The zero-order valence-corrected chi connectivity index (χ0v) is 14.4. The number of ether oxygens (including phenoxy) is 1. The van der Waals surface area contributed by atoms with Crippen molar-refractivity contribution < 1.29 is 14.6 Å². The van der Waals surface area contributed by atoms with Crippen LogP contribution in [0.25, 0.3) is 0 Å². The quantitative estimate of drug-likeness (QED) is 0.764. The van der Waals surface area contributed by atoms with Crippen molar-refractivity contribution in [2.24, 2.45) is 5.41 Å². The lowest BCUT2D eigenvalue weighted by Gasteiger charge is -2.40. The van der Waals surface area contributed by atoms with Crippen LogP contribution in [0.1, 0.15) is 19.3 Å². The summed E-state index contributed by atoms with van der Waals surface area (Å²) in [5, 5.41) is 9.74. The van der Waals surface area contributed by atoms with E-state index in [-0.39, 0.29) is 0 Å². The third kappa shape index (κ3) is 3.68. The number of allylic oxidation sites excluding steroid dienone is 1. The van der Waals surface area contributed by atoms with E-state index in [2.05, 4.69) is 16.5 Å². The first-order chi connectivity index (χ1) is 12.0. The Balaban J connectivity index is 1.86. The fraction of sp³-hybridized carbons (Fsp3) is 0.588. The molecule has 0 radical (unpaired) electrons. The molecule has 3 N–H and O–H groups in total. The molecule has 8 nitrogen and oxygen atoms in total. The van der Waals surface area contributed by atoms with E-state index >= 15 is 0 Å². The summed E-state index contributed by atoms with van der Waals surface area (Å²) >= 11 is 0. The van der Waals surface area contributed by atoms with Crippen LogP contribution in [-0.4, -0.2) is 60.4 Å². The standard InChI is InChI=1S/C17H25N5O3/c1-2-4-17(15(23)24)5-3-6-22(12-17)14-11-13(18)19-16(20-14)21-7-9-25-10-8-21/h2,11H,1,3-10,12H2,(H,23,24)(H2,18,19,20)/t17-/m1/s1. The van der Waals surface area contributed by atoms with Gasteiger partial charge in [0, 0.05) is 32.2 Å². The molecule has 0 aromatic carbocycles. The van der Waals surface area contributed by atoms with Gasteiger partial charge in [0.1, 0.15) is 11.6 Å². The number of carboxylic acid groups (broad SMARTS) is 1. The number of nitrogen functional groups attached to an aromatic ring is 1. The molecule has 0 spiro atoms. The highest BCUT2D eigenvalue weighted by Crippen LogP contribution is 2.36. The Morgan fingerprint density at radius 2 is 2.12 bits per heavy atom. The predicted octanol–water partition coefficient (Wildman–Crippen LogP) is 1.14. The van der Waals surface area contributed by atoms with Gasteiger partial charge < -0.3 is 25.4 Å². The lowest BCUT2D eigenvalue weighted by Crippen LogP contribution is -2.48. The molecule has 0 unspecified atom stereocenters. The summed E-state index contributed by atoms with van der Waals surface area (Å²) < 4.78 is 5.36. The van der Waals surface area contributed by atoms with E-state index in [0.717, 1.165) is 26.1 Å². The molecular weight excluding hydrogens is 322 g/mol. The molecule has 2 saturated heterocycles. The predicted molar refractivity (Wildman–Crippen MR) is 95.8 cm³/mol. The second kappa shape index (κ2) is 7.26. The van der Waals surface area contributed by atoms with E-state index in [4.69, 9.17) is 10.5 Å². The number of hydrogen-bond acceptors (Lipinski definition) is 7. The number of piperidine rings is 1. The Kier molecular flexibility index (Phi) is 5.08. The van der Waals surface area contributed by atoms with Gasteiger partial charge in [-0.15, -0.1) is 6.58 Å². The number of nitrogens with two attached hydrogens (primary N) is 1. The van der Waals surface area contributed by atoms with Gasteiger partial charge in [0.05, 0.1) is 18.6 Å². The van der Waals surface area contributed by atoms with Crippen LogP contribution in [0.4, 0.5) is 17.6 Å². The van der Waals surface area contributed by atoms with Gasteiger partial charge in [0.25, 0.3) is 0 Å². The highest BCUT2D eigenvalue weighted by molar-refractivity contribution is 5.76. The van der Waals surface area contributed by atoms with E-state index in [1.165, 1.54) is 0 Å². The van der Waals surface area contributed by atoms with Gasteiger partial charge in [-0.3, -0.25) is 4.79 Å². The van der Waals surface area contributed by atoms with Crippen LogP contribution < -0.4 is 15.5 Å². The second-order valence-electron chi connectivity index (χ2n) is 6.65. The molecule has 2 aliphatic rings.